The highest BCUT2D eigenvalue weighted by Gasteiger charge is 2.30. The molecule has 0 amide bonds. The molecule has 0 radical (unpaired) electrons. The zero-order chi connectivity index (χ0) is 14.4. The molecule has 0 bridgehead atoms. The number of alkyl halides is 3. The number of aromatic amines is 1. The lowest BCUT2D eigenvalue weighted by molar-refractivity contribution is -0.137. The van der Waals surface area contributed by atoms with Crippen molar-refractivity contribution in [3.63, 3.8) is 0 Å². The lowest BCUT2D eigenvalue weighted by atomic mass is 10.1. The molecule has 0 saturated heterocycles. The average molecular weight is 272 g/mol. The van der Waals surface area contributed by atoms with Crippen LogP contribution in [0.5, 0.6) is 0 Å². The van der Waals surface area contributed by atoms with Gasteiger partial charge < -0.3 is 4.98 Å². The van der Waals surface area contributed by atoms with Gasteiger partial charge in [-0.25, -0.2) is 4.79 Å². The van der Waals surface area contributed by atoms with E-state index in [0.717, 1.165) is 22.8 Å². The van der Waals surface area contributed by atoms with E-state index >= 15 is 0 Å². The molecular weight excluding hydrogens is 261 g/mol. The number of nitrogens with one attached hydrogen (secondary N) is 1. The Morgan fingerprint density at radius 1 is 1.21 bits per heavy atom. The van der Waals surface area contributed by atoms with E-state index in [1.807, 2.05) is 0 Å². The Morgan fingerprint density at radius 3 is 2.37 bits per heavy atom. The van der Waals surface area contributed by atoms with Crippen molar-refractivity contribution in [3.8, 4) is 0 Å². The third kappa shape index (κ3) is 2.27. The first kappa shape index (κ1) is 13.4. The van der Waals surface area contributed by atoms with E-state index in [4.69, 9.17) is 0 Å². The molecule has 1 N–H and O–H groups in total. The Bertz CT molecular complexity index is 741. The van der Waals surface area contributed by atoms with E-state index in [0.29, 0.717) is 0 Å². The van der Waals surface area contributed by atoms with Gasteiger partial charge in [-0.1, -0.05) is 0 Å². The van der Waals surface area contributed by atoms with Crippen LogP contribution in [0.25, 0.3) is 10.9 Å². The first-order valence-corrected chi connectivity index (χ1v) is 5.57. The van der Waals surface area contributed by atoms with Crippen LogP contribution in [0.2, 0.25) is 0 Å². The fourth-order valence-electron chi connectivity index (χ4n) is 1.87. The highest BCUT2D eigenvalue weighted by molar-refractivity contribution is 5.78. The van der Waals surface area contributed by atoms with Crippen molar-refractivity contribution in [2.24, 2.45) is 0 Å². The molecule has 0 aliphatic rings. The van der Waals surface area contributed by atoms with Crippen molar-refractivity contribution in [2.75, 3.05) is 0 Å². The summed E-state index contributed by atoms with van der Waals surface area (Å²) in [6.07, 6.45) is -4.53. The Labute approximate surface area is 105 Å². The third-order valence-corrected chi connectivity index (χ3v) is 2.77. The van der Waals surface area contributed by atoms with Gasteiger partial charge in [0.15, 0.2) is 0 Å². The molecule has 2 aromatic rings. The van der Waals surface area contributed by atoms with Crippen LogP contribution in [0.1, 0.15) is 25.5 Å². The maximum absolute atomic E-state index is 12.6. The third-order valence-electron chi connectivity index (χ3n) is 2.77. The van der Waals surface area contributed by atoms with E-state index in [1.165, 1.54) is 0 Å². The Morgan fingerprint density at radius 2 is 1.84 bits per heavy atom. The molecule has 0 saturated carbocycles. The summed E-state index contributed by atoms with van der Waals surface area (Å²) in [6, 6.07) is 2.24. The van der Waals surface area contributed by atoms with Gasteiger partial charge >= 0.3 is 11.9 Å². The predicted molar refractivity (Wildman–Crippen MR) is 64.2 cm³/mol. The molecule has 0 spiro atoms. The Hall–Kier alpha value is -2.05. The summed E-state index contributed by atoms with van der Waals surface area (Å²) < 4.78 is 38.7. The summed E-state index contributed by atoms with van der Waals surface area (Å²) in [4.78, 5) is 26.1. The average Bonchev–Trinajstić information content (AvgIpc) is 2.26. The fourth-order valence-corrected chi connectivity index (χ4v) is 1.87. The number of hydrogen-bond donors (Lipinski definition) is 1. The van der Waals surface area contributed by atoms with Crippen molar-refractivity contribution < 1.29 is 13.2 Å². The minimum atomic E-state index is -4.53. The highest BCUT2D eigenvalue weighted by atomic mass is 19.4. The monoisotopic (exact) mass is 272 g/mol. The molecule has 7 heteroatoms. The standard InChI is InChI=1S/C12H11F3N2O2/c1-6(2)17-10(18)8-5-7(12(13,14)15)3-4-9(8)16-11(17)19/h3-6H,1-2H3,(H,16,19). The Kier molecular flexibility index (Phi) is 3.00. The van der Waals surface area contributed by atoms with Gasteiger partial charge in [0.25, 0.3) is 5.56 Å². The minimum absolute atomic E-state index is 0.0971. The smallest absolute Gasteiger partial charge is 0.307 e. The summed E-state index contributed by atoms with van der Waals surface area (Å²) >= 11 is 0. The minimum Gasteiger partial charge on any atom is -0.307 e. The van der Waals surface area contributed by atoms with Gasteiger partial charge in [0.2, 0.25) is 0 Å². The molecular formula is C12H11F3N2O2. The van der Waals surface area contributed by atoms with E-state index in [-0.39, 0.29) is 10.9 Å². The molecule has 1 aromatic carbocycles. The van der Waals surface area contributed by atoms with Gasteiger partial charge in [0.05, 0.1) is 16.5 Å². The number of hydrogen-bond acceptors (Lipinski definition) is 2. The van der Waals surface area contributed by atoms with Crippen molar-refractivity contribution in [1.29, 1.82) is 0 Å². The van der Waals surface area contributed by atoms with E-state index in [1.54, 1.807) is 13.8 Å². The van der Waals surface area contributed by atoms with Crippen LogP contribution < -0.4 is 11.2 Å². The van der Waals surface area contributed by atoms with Crippen LogP contribution in [0.3, 0.4) is 0 Å². The molecule has 1 aromatic heterocycles. The van der Waals surface area contributed by atoms with Crippen LogP contribution in [0.4, 0.5) is 13.2 Å². The van der Waals surface area contributed by atoms with Gasteiger partial charge in [-0.15, -0.1) is 0 Å². The topological polar surface area (TPSA) is 54.9 Å². The summed E-state index contributed by atoms with van der Waals surface area (Å²) in [7, 11) is 0. The van der Waals surface area contributed by atoms with Crippen LogP contribution in [-0.2, 0) is 6.18 Å². The highest BCUT2D eigenvalue weighted by Crippen LogP contribution is 2.30. The molecule has 2 rings (SSSR count). The van der Waals surface area contributed by atoms with Gasteiger partial charge in [0.1, 0.15) is 0 Å². The molecule has 1 heterocycles. The second kappa shape index (κ2) is 4.25. The van der Waals surface area contributed by atoms with Crippen molar-refractivity contribution in [2.45, 2.75) is 26.1 Å². The first-order chi connectivity index (χ1) is 8.71. The quantitative estimate of drug-likeness (QED) is 0.866. The summed E-state index contributed by atoms with van der Waals surface area (Å²) in [5.74, 6) is 0. The number of benzene rings is 1. The number of fused-ring (bicyclic) bond motifs is 1. The zero-order valence-electron chi connectivity index (χ0n) is 10.2. The second-order valence-electron chi connectivity index (χ2n) is 4.46. The largest absolute Gasteiger partial charge is 0.416 e. The van der Waals surface area contributed by atoms with Crippen LogP contribution >= 0.6 is 0 Å². The molecule has 0 unspecified atom stereocenters. The number of nitrogens with zero attached hydrogens (tertiary/aromatic N) is 1. The van der Waals surface area contributed by atoms with Gasteiger partial charge in [-0.2, -0.15) is 13.2 Å². The molecule has 0 fully saturated rings. The van der Waals surface area contributed by atoms with Crippen molar-refractivity contribution >= 4 is 10.9 Å². The first-order valence-electron chi connectivity index (χ1n) is 5.57. The maximum Gasteiger partial charge on any atom is 0.416 e. The van der Waals surface area contributed by atoms with E-state index in [2.05, 4.69) is 4.98 Å². The molecule has 0 aliphatic carbocycles. The van der Waals surface area contributed by atoms with Crippen LogP contribution in [-0.4, -0.2) is 9.55 Å². The lowest BCUT2D eigenvalue weighted by Crippen LogP contribution is -2.36. The van der Waals surface area contributed by atoms with Crippen molar-refractivity contribution in [1.82, 2.24) is 9.55 Å². The number of aromatic nitrogens is 2. The van der Waals surface area contributed by atoms with E-state index < -0.39 is 29.0 Å². The molecule has 19 heavy (non-hydrogen) atoms. The number of rotatable bonds is 1. The van der Waals surface area contributed by atoms with Gasteiger partial charge in [0, 0.05) is 6.04 Å². The summed E-state index contributed by atoms with van der Waals surface area (Å²) in [5.41, 5.74) is -2.17. The number of H-pyrrole nitrogens is 1. The van der Waals surface area contributed by atoms with E-state index in [9.17, 15) is 22.8 Å². The van der Waals surface area contributed by atoms with Crippen molar-refractivity contribution in [3.05, 3.63) is 44.6 Å². The zero-order valence-corrected chi connectivity index (χ0v) is 10.2. The van der Waals surface area contributed by atoms with Crippen LogP contribution in [0, 0.1) is 0 Å². The molecule has 102 valence electrons. The normalized spacial score (nSPS) is 12.3. The SMILES string of the molecule is CC(C)n1c(=O)[nH]c2ccc(C(F)(F)F)cc2c1=O. The maximum atomic E-state index is 12.6. The van der Waals surface area contributed by atoms with Crippen LogP contribution in [0.15, 0.2) is 27.8 Å². The summed E-state index contributed by atoms with van der Waals surface area (Å²) in [6.45, 7) is 3.21. The molecule has 0 aliphatic heterocycles. The lowest BCUT2D eigenvalue weighted by Gasteiger charge is -2.11. The fraction of sp³-hybridized carbons (Fsp3) is 0.333. The number of halogens is 3. The van der Waals surface area contributed by atoms with Gasteiger partial charge in [-0.3, -0.25) is 9.36 Å². The van der Waals surface area contributed by atoms with Gasteiger partial charge in [-0.05, 0) is 32.0 Å². The predicted octanol–water partition coefficient (Wildman–Crippen LogP) is 2.29. The summed E-state index contributed by atoms with van der Waals surface area (Å²) in [5, 5.41) is -0.150. The second-order valence-corrected chi connectivity index (χ2v) is 4.46. The Balaban J connectivity index is 2.86. The molecule has 0 atom stereocenters. The molecule has 4 nitrogen and oxygen atoms in total.